The fourth-order valence-corrected chi connectivity index (χ4v) is 7.35. The number of hydrogen-bond donors (Lipinski definition) is 0. The molecule has 1 aliphatic heterocycles. The number of ketones is 1. The molecule has 0 bridgehead atoms. The summed E-state index contributed by atoms with van der Waals surface area (Å²) in [5.74, 6) is -0.492. The Balaban J connectivity index is 1.73. The molecule has 0 N–H and O–H groups in total. The van der Waals surface area contributed by atoms with Gasteiger partial charge in [-0.2, -0.15) is 5.26 Å². The first kappa shape index (κ1) is 22.7. The molecule has 0 spiro atoms. The zero-order valence-electron chi connectivity index (χ0n) is 18.6. The van der Waals surface area contributed by atoms with Gasteiger partial charge in [0, 0.05) is 34.9 Å². The number of anilines is 1. The number of amides is 1. The molecule has 4 nitrogen and oxygen atoms in total. The number of carbonyl (C=O) groups excluding carboxylic acids is 2. The number of aryl methyl sites for hydroxylation is 1. The van der Waals surface area contributed by atoms with Crippen LogP contribution in [0.3, 0.4) is 0 Å². The lowest BCUT2D eigenvalue weighted by Crippen LogP contribution is -2.43. The minimum Gasteiger partial charge on any atom is -0.294 e. The predicted molar refractivity (Wildman–Crippen MR) is 132 cm³/mol. The van der Waals surface area contributed by atoms with Crippen molar-refractivity contribution in [2.75, 3.05) is 4.90 Å². The Morgan fingerprint density at radius 2 is 1.91 bits per heavy atom. The van der Waals surface area contributed by atoms with E-state index < -0.39 is 5.92 Å². The summed E-state index contributed by atoms with van der Waals surface area (Å²) in [5, 5.41) is 11.5. The van der Waals surface area contributed by atoms with Gasteiger partial charge in [-0.3, -0.25) is 14.5 Å². The van der Waals surface area contributed by atoms with E-state index in [9.17, 15) is 14.9 Å². The van der Waals surface area contributed by atoms with Crippen molar-refractivity contribution >= 4 is 51.2 Å². The summed E-state index contributed by atoms with van der Waals surface area (Å²) in [6.07, 6.45) is 5.08. The van der Waals surface area contributed by atoms with E-state index in [-0.39, 0.29) is 23.5 Å². The fourth-order valence-electron chi connectivity index (χ4n) is 5.53. The van der Waals surface area contributed by atoms with Crippen LogP contribution in [0.2, 0.25) is 10.0 Å². The highest BCUT2D eigenvalue weighted by Gasteiger charge is 2.46. The number of Topliss-reactive ketones (excluding diaryl/α,β-unsaturated/α-hetero) is 1. The lowest BCUT2D eigenvalue weighted by atomic mass is 9.69. The molecule has 2 aromatic rings. The molecule has 2 aliphatic carbocycles. The van der Waals surface area contributed by atoms with Crippen LogP contribution < -0.4 is 4.90 Å². The van der Waals surface area contributed by atoms with Crippen LogP contribution in [0.25, 0.3) is 0 Å². The van der Waals surface area contributed by atoms with Crippen LogP contribution in [0.4, 0.5) is 5.00 Å². The van der Waals surface area contributed by atoms with Crippen molar-refractivity contribution in [1.82, 2.24) is 0 Å². The predicted octanol–water partition coefficient (Wildman–Crippen LogP) is 6.97. The van der Waals surface area contributed by atoms with E-state index in [0.29, 0.717) is 44.6 Å². The van der Waals surface area contributed by atoms with Gasteiger partial charge in [0.2, 0.25) is 5.91 Å². The molecule has 3 aliphatic rings. The Kier molecular flexibility index (Phi) is 5.68. The van der Waals surface area contributed by atoms with E-state index in [4.69, 9.17) is 23.2 Å². The van der Waals surface area contributed by atoms with E-state index in [1.165, 1.54) is 4.88 Å². The number of benzene rings is 1. The third-order valence-electron chi connectivity index (χ3n) is 6.97. The highest BCUT2D eigenvalue weighted by Crippen LogP contribution is 2.52. The Hall–Kier alpha value is -2.13. The highest BCUT2D eigenvalue weighted by molar-refractivity contribution is 7.16. The van der Waals surface area contributed by atoms with Crippen LogP contribution in [0.5, 0.6) is 0 Å². The smallest absolute Gasteiger partial charge is 0.232 e. The van der Waals surface area contributed by atoms with Crippen molar-refractivity contribution in [2.24, 2.45) is 5.41 Å². The van der Waals surface area contributed by atoms with E-state index in [1.807, 2.05) is 6.07 Å². The lowest BCUT2D eigenvalue weighted by Gasteiger charge is -2.42. The van der Waals surface area contributed by atoms with Gasteiger partial charge >= 0.3 is 0 Å². The minimum absolute atomic E-state index is 0.0413. The summed E-state index contributed by atoms with van der Waals surface area (Å²) in [7, 11) is 0. The molecule has 2 heterocycles. The summed E-state index contributed by atoms with van der Waals surface area (Å²) < 4.78 is 0. The number of hydrogen-bond acceptors (Lipinski definition) is 4. The molecule has 1 unspecified atom stereocenters. The molecular formula is C26H24Cl2N2O2S. The van der Waals surface area contributed by atoms with E-state index >= 15 is 0 Å². The summed E-state index contributed by atoms with van der Waals surface area (Å²) in [5.41, 5.74) is 3.49. The first-order chi connectivity index (χ1) is 15.7. The summed E-state index contributed by atoms with van der Waals surface area (Å²) in [6.45, 7) is 4.11. The normalized spacial score (nSPS) is 22.2. The first-order valence-electron chi connectivity index (χ1n) is 11.3. The molecule has 5 rings (SSSR count). The van der Waals surface area contributed by atoms with Gasteiger partial charge in [-0.05, 0) is 54.7 Å². The Morgan fingerprint density at radius 1 is 1.15 bits per heavy atom. The zero-order valence-corrected chi connectivity index (χ0v) is 21.0. The minimum atomic E-state index is -0.432. The quantitative estimate of drug-likeness (QED) is 0.448. The van der Waals surface area contributed by atoms with Gasteiger partial charge in [0.25, 0.3) is 0 Å². The van der Waals surface area contributed by atoms with Crippen LogP contribution in [0.1, 0.15) is 73.4 Å². The molecule has 33 heavy (non-hydrogen) atoms. The number of fused-ring (bicyclic) bond motifs is 1. The third-order valence-corrected chi connectivity index (χ3v) is 9.08. The summed E-state index contributed by atoms with van der Waals surface area (Å²) in [6, 6.07) is 7.74. The van der Waals surface area contributed by atoms with Crippen LogP contribution in [-0.2, 0) is 22.4 Å². The zero-order chi connectivity index (χ0) is 23.5. The lowest BCUT2D eigenvalue weighted by molar-refractivity contribution is -0.120. The molecule has 0 saturated carbocycles. The molecule has 0 saturated heterocycles. The average Bonchev–Trinajstić information content (AvgIpc) is 3.12. The molecule has 0 radical (unpaired) electrons. The maximum absolute atomic E-state index is 13.7. The summed E-state index contributed by atoms with van der Waals surface area (Å²) >= 11 is 14.4. The Bertz CT molecular complexity index is 1270. The van der Waals surface area contributed by atoms with Gasteiger partial charge in [0.05, 0.1) is 15.6 Å². The monoisotopic (exact) mass is 498 g/mol. The number of nitriles is 1. The van der Waals surface area contributed by atoms with Crippen molar-refractivity contribution < 1.29 is 9.59 Å². The average molecular weight is 499 g/mol. The molecule has 1 aromatic carbocycles. The molecule has 1 aromatic heterocycles. The van der Waals surface area contributed by atoms with Gasteiger partial charge in [-0.25, -0.2) is 0 Å². The van der Waals surface area contributed by atoms with Gasteiger partial charge in [-0.15, -0.1) is 11.3 Å². The Morgan fingerprint density at radius 3 is 2.67 bits per heavy atom. The van der Waals surface area contributed by atoms with Crippen LogP contribution in [0, 0.1) is 16.7 Å². The number of rotatable bonds is 2. The summed E-state index contributed by atoms with van der Waals surface area (Å²) in [4.78, 5) is 30.2. The highest BCUT2D eigenvalue weighted by atomic mass is 35.5. The number of nitrogens with zero attached hydrogens (tertiary/aromatic N) is 2. The molecule has 0 fully saturated rings. The molecule has 170 valence electrons. The number of allylic oxidation sites excluding steroid dienone is 2. The second kappa shape index (κ2) is 8.27. The number of thiophene rings is 1. The SMILES string of the molecule is CC1(C)CC(=O)C2=C(C1)N(c1sc3c(c1C#N)CCCC3)C(=O)CC2c1cccc(Cl)c1Cl. The molecule has 1 amide bonds. The largest absolute Gasteiger partial charge is 0.294 e. The van der Waals surface area contributed by atoms with Crippen LogP contribution >= 0.6 is 34.5 Å². The second-order valence-electron chi connectivity index (χ2n) is 9.93. The second-order valence-corrected chi connectivity index (χ2v) is 11.8. The van der Waals surface area contributed by atoms with Gasteiger partial charge in [0.1, 0.15) is 11.1 Å². The maximum atomic E-state index is 13.7. The Labute approximate surface area is 207 Å². The van der Waals surface area contributed by atoms with Crippen molar-refractivity contribution in [3.05, 3.63) is 61.1 Å². The molecule has 7 heteroatoms. The van der Waals surface area contributed by atoms with Gasteiger partial charge < -0.3 is 0 Å². The fraction of sp³-hybridized carbons (Fsp3) is 0.423. The third kappa shape index (κ3) is 3.73. The van der Waals surface area contributed by atoms with Crippen molar-refractivity contribution in [2.45, 2.75) is 64.7 Å². The van der Waals surface area contributed by atoms with Crippen LogP contribution in [0.15, 0.2) is 29.5 Å². The molecular weight excluding hydrogens is 475 g/mol. The van der Waals surface area contributed by atoms with Gasteiger partial charge in [0.15, 0.2) is 5.78 Å². The number of carbonyl (C=O) groups is 2. The van der Waals surface area contributed by atoms with Crippen molar-refractivity contribution in [1.29, 1.82) is 5.26 Å². The molecule has 1 atom stereocenters. The van der Waals surface area contributed by atoms with E-state index in [1.54, 1.807) is 28.4 Å². The number of halogens is 2. The van der Waals surface area contributed by atoms with E-state index in [0.717, 1.165) is 36.9 Å². The first-order valence-corrected chi connectivity index (χ1v) is 12.9. The van der Waals surface area contributed by atoms with Gasteiger partial charge in [-0.1, -0.05) is 49.2 Å². The van der Waals surface area contributed by atoms with Crippen molar-refractivity contribution in [3.8, 4) is 6.07 Å². The van der Waals surface area contributed by atoms with Crippen LogP contribution in [-0.4, -0.2) is 11.7 Å². The van der Waals surface area contributed by atoms with Crippen molar-refractivity contribution in [3.63, 3.8) is 0 Å². The van der Waals surface area contributed by atoms with E-state index in [2.05, 4.69) is 19.9 Å². The topological polar surface area (TPSA) is 61.2 Å². The maximum Gasteiger partial charge on any atom is 0.232 e. The standard InChI is InChI=1S/C26H24Cl2N2O2S/c1-26(2)11-19-23(20(31)12-26)16(15-7-5-8-18(27)24(15)28)10-22(32)30(19)25-17(13-29)14-6-3-4-9-21(14)33-25/h5,7-8,16H,3-4,6,9-12H2,1-2H3.